The Labute approximate surface area is 81.4 Å². The minimum atomic E-state index is -1.04. The standard InChI is InChI=1S/C8H14O6/c1-2-14-8(12)7(11)5-13-4-6(10)3-9/h6,9-10H,2-5H2,1H3. The third-order valence-corrected chi connectivity index (χ3v) is 1.26. The monoisotopic (exact) mass is 206 g/mol. The molecule has 1 atom stereocenters. The van der Waals surface area contributed by atoms with Gasteiger partial charge in [-0.1, -0.05) is 0 Å². The molecule has 0 aromatic rings. The van der Waals surface area contributed by atoms with Gasteiger partial charge in [-0.25, -0.2) is 4.79 Å². The molecule has 6 nitrogen and oxygen atoms in total. The van der Waals surface area contributed by atoms with Crippen LogP contribution in [0.5, 0.6) is 0 Å². The van der Waals surface area contributed by atoms with E-state index >= 15 is 0 Å². The molecule has 0 aromatic carbocycles. The largest absolute Gasteiger partial charge is 0.460 e. The van der Waals surface area contributed by atoms with E-state index in [1.165, 1.54) is 0 Å². The van der Waals surface area contributed by atoms with Crippen molar-refractivity contribution in [3.05, 3.63) is 0 Å². The highest BCUT2D eigenvalue weighted by Crippen LogP contribution is 1.87. The number of ether oxygens (including phenoxy) is 2. The number of aliphatic hydroxyl groups is 2. The van der Waals surface area contributed by atoms with E-state index in [9.17, 15) is 9.59 Å². The highest BCUT2D eigenvalue weighted by atomic mass is 16.5. The van der Waals surface area contributed by atoms with E-state index in [0.29, 0.717) is 0 Å². The van der Waals surface area contributed by atoms with Crippen LogP contribution in [0.1, 0.15) is 6.92 Å². The van der Waals surface area contributed by atoms with Crippen molar-refractivity contribution in [3.8, 4) is 0 Å². The van der Waals surface area contributed by atoms with Crippen LogP contribution in [0.2, 0.25) is 0 Å². The predicted molar refractivity (Wildman–Crippen MR) is 45.6 cm³/mol. The van der Waals surface area contributed by atoms with Crippen LogP contribution in [0.4, 0.5) is 0 Å². The van der Waals surface area contributed by atoms with E-state index in [1.807, 2.05) is 0 Å². The SMILES string of the molecule is CCOC(=O)C(=O)COCC(O)CO. The molecular weight excluding hydrogens is 192 g/mol. The molecule has 0 bridgehead atoms. The Hall–Kier alpha value is -0.980. The summed E-state index contributed by atoms with van der Waals surface area (Å²) in [7, 11) is 0. The Bertz CT molecular complexity index is 190. The van der Waals surface area contributed by atoms with Crippen LogP contribution in [0.25, 0.3) is 0 Å². The summed E-state index contributed by atoms with van der Waals surface area (Å²) in [5, 5.41) is 17.2. The van der Waals surface area contributed by atoms with E-state index in [1.54, 1.807) is 6.92 Å². The molecule has 0 amide bonds. The number of esters is 1. The van der Waals surface area contributed by atoms with Gasteiger partial charge >= 0.3 is 5.97 Å². The van der Waals surface area contributed by atoms with Crippen molar-refractivity contribution in [2.45, 2.75) is 13.0 Å². The molecule has 0 fully saturated rings. The van der Waals surface area contributed by atoms with Crippen molar-refractivity contribution in [1.82, 2.24) is 0 Å². The van der Waals surface area contributed by atoms with Crippen molar-refractivity contribution < 1.29 is 29.3 Å². The van der Waals surface area contributed by atoms with Crippen LogP contribution < -0.4 is 0 Å². The summed E-state index contributed by atoms with van der Waals surface area (Å²) >= 11 is 0. The van der Waals surface area contributed by atoms with Gasteiger partial charge in [0.05, 0.1) is 19.8 Å². The summed E-state index contributed by atoms with van der Waals surface area (Å²) in [6.07, 6.45) is -1.04. The summed E-state index contributed by atoms with van der Waals surface area (Å²) in [5.41, 5.74) is 0. The van der Waals surface area contributed by atoms with Crippen molar-refractivity contribution >= 4 is 11.8 Å². The number of carbonyl (C=O) groups is 2. The zero-order chi connectivity index (χ0) is 11.0. The van der Waals surface area contributed by atoms with Crippen molar-refractivity contribution in [2.24, 2.45) is 0 Å². The van der Waals surface area contributed by atoms with Gasteiger partial charge in [0.1, 0.15) is 12.7 Å². The molecule has 0 aliphatic heterocycles. The molecule has 14 heavy (non-hydrogen) atoms. The lowest BCUT2D eigenvalue weighted by Crippen LogP contribution is -2.26. The molecular formula is C8H14O6. The topological polar surface area (TPSA) is 93.1 Å². The van der Waals surface area contributed by atoms with Crippen molar-refractivity contribution in [3.63, 3.8) is 0 Å². The fourth-order valence-corrected chi connectivity index (χ4v) is 0.611. The summed E-state index contributed by atoms with van der Waals surface area (Å²) in [6.45, 7) is 0.622. The lowest BCUT2D eigenvalue weighted by Gasteiger charge is -2.06. The first kappa shape index (κ1) is 13.0. The summed E-state index contributed by atoms with van der Waals surface area (Å²) in [6, 6.07) is 0. The maximum Gasteiger partial charge on any atom is 0.377 e. The van der Waals surface area contributed by atoms with Gasteiger partial charge in [-0.2, -0.15) is 0 Å². The lowest BCUT2D eigenvalue weighted by molar-refractivity contribution is -0.155. The van der Waals surface area contributed by atoms with Gasteiger partial charge in [0, 0.05) is 0 Å². The number of rotatable bonds is 7. The Morgan fingerprint density at radius 3 is 2.57 bits per heavy atom. The zero-order valence-corrected chi connectivity index (χ0v) is 7.93. The van der Waals surface area contributed by atoms with Crippen molar-refractivity contribution in [2.75, 3.05) is 26.4 Å². The zero-order valence-electron chi connectivity index (χ0n) is 7.93. The predicted octanol–water partition coefficient (Wildman–Crippen LogP) is -1.51. The number of hydrogen-bond donors (Lipinski definition) is 2. The molecule has 0 rings (SSSR count). The summed E-state index contributed by atoms with van der Waals surface area (Å²) in [5.74, 6) is -1.76. The fourth-order valence-electron chi connectivity index (χ4n) is 0.611. The molecule has 0 aliphatic rings. The van der Waals surface area contributed by atoms with Gasteiger partial charge in [0.25, 0.3) is 5.78 Å². The van der Waals surface area contributed by atoms with Crippen LogP contribution in [-0.2, 0) is 19.1 Å². The number of Topliss-reactive ketones (excluding diaryl/α,β-unsaturated/α-hetero) is 1. The molecule has 6 heteroatoms. The number of ketones is 1. The van der Waals surface area contributed by atoms with E-state index < -0.39 is 31.1 Å². The van der Waals surface area contributed by atoms with Crippen LogP contribution >= 0.6 is 0 Å². The van der Waals surface area contributed by atoms with Gasteiger partial charge < -0.3 is 19.7 Å². The first-order valence-electron chi connectivity index (χ1n) is 4.18. The van der Waals surface area contributed by atoms with Gasteiger partial charge in [-0.05, 0) is 6.92 Å². The van der Waals surface area contributed by atoms with Crippen molar-refractivity contribution in [1.29, 1.82) is 0 Å². The molecule has 82 valence electrons. The van der Waals surface area contributed by atoms with Gasteiger partial charge in [0.15, 0.2) is 0 Å². The maximum absolute atomic E-state index is 10.9. The fraction of sp³-hybridized carbons (Fsp3) is 0.750. The Morgan fingerprint density at radius 2 is 2.07 bits per heavy atom. The second-order valence-electron chi connectivity index (χ2n) is 2.50. The average Bonchev–Trinajstić information content (AvgIpc) is 2.17. The van der Waals surface area contributed by atoms with E-state index in [-0.39, 0.29) is 13.2 Å². The number of carbonyl (C=O) groups excluding carboxylic acids is 2. The second kappa shape index (κ2) is 7.43. The smallest absolute Gasteiger partial charge is 0.377 e. The van der Waals surface area contributed by atoms with Crippen LogP contribution in [-0.4, -0.2) is 54.5 Å². The average molecular weight is 206 g/mol. The number of hydrogen-bond acceptors (Lipinski definition) is 6. The number of aliphatic hydroxyl groups excluding tert-OH is 2. The Kier molecular flexibility index (Phi) is 6.91. The third kappa shape index (κ3) is 5.63. The highest BCUT2D eigenvalue weighted by molar-refractivity contribution is 6.34. The first-order valence-corrected chi connectivity index (χ1v) is 4.18. The maximum atomic E-state index is 10.9. The molecule has 1 unspecified atom stereocenters. The molecule has 0 aromatic heterocycles. The highest BCUT2D eigenvalue weighted by Gasteiger charge is 2.15. The summed E-state index contributed by atoms with van der Waals surface area (Å²) in [4.78, 5) is 21.6. The van der Waals surface area contributed by atoms with E-state index in [0.717, 1.165) is 0 Å². The van der Waals surface area contributed by atoms with Gasteiger partial charge in [-0.15, -0.1) is 0 Å². The quantitative estimate of drug-likeness (QED) is 0.388. The molecule has 2 N–H and O–H groups in total. The van der Waals surface area contributed by atoms with Crippen LogP contribution in [0.3, 0.4) is 0 Å². The molecule has 0 radical (unpaired) electrons. The normalized spacial score (nSPS) is 12.2. The molecule has 0 saturated heterocycles. The Morgan fingerprint density at radius 1 is 1.43 bits per heavy atom. The van der Waals surface area contributed by atoms with Crippen LogP contribution in [0, 0.1) is 0 Å². The third-order valence-electron chi connectivity index (χ3n) is 1.26. The lowest BCUT2D eigenvalue weighted by atomic mass is 10.4. The minimum absolute atomic E-state index is 0.129. The Balaban J connectivity index is 3.58. The molecule has 0 spiro atoms. The van der Waals surface area contributed by atoms with E-state index in [4.69, 9.17) is 10.2 Å². The molecule has 0 heterocycles. The molecule has 0 saturated carbocycles. The van der Waals surface area contributed by atoms with Gasteiger partial charge in [0.2, 0.25) is 0 Å². The second-order valence-corrected chi connectivity index (χ2v) is 2.50. The minimum Gasteiger partial charge on any atom is -0.460 e. The molecule has 0 aliphatic carbocycles. The summed E-state index contributed by atoms with van der Waals surface area (Å²) < 4.78 is 9.06. The van der Waals surface area contributed by atoms with E-state index in [2.05, 4.69) is 9.47 Å². The first-order chi connectivity index (χ1) is 6.61. The van der Waals surface area contributed by atoms with Gasteiger partial charge in [-0.3, -0.25) is 4.79 Å². The van der Waals surface area contributed by atoms with Crippen LogP contribution in [0.15, 0.2) is 0 Å².